The topological polar surface area (TPSA) is 47.7 Å². The number of nitrogens with zero attached hydrogens (tertiary/aromatic N) is 1. The van der Waals surface area contributed by atoms with E-state index in [9.17, 15) is 0 Å². The van der Waals surface area contributed by atoms with Crippen LogP contribution >= 0.6 is 15.9 Å². The van der Waals surface area contributed by atoms with Crippen molar-refractivity contribution in [3.63, 3.8) is 0 Å². The fraction of sp³-hybridized carbons (Fsp3) is 0.625. The van der Waals surface area contributed by atoms with E-state index in [4.69, 9.17) is 15.2 Å². The van der Waals surface area contributed by atoms with Crippen molar-refractivity contribution < 1.29 is 9.47 Å². The molecule has 0 radical (unpaired) electrons. The molecule has 4 nitrogen and oxygen atoms in total. The van der Waals surface area contributed by atoms with E-state index in [1.807, 2.05) is 12.1 Å². The summed E-state index contributed by atoms with van der Waals surface area (Å²) in [7, 11) is 1.69. The molecule has 0 saturated carbocycles. The minimum atomic E-state index is 0.192. The molecule has 5 heteroatoms. The fourth-order valence-corrected chi connectivity index (χ4v) is 3.51. The Kier molecular flexibility index (Phi) is 6.48. The maximum absolute atomic E-state index is 6.07. The Morgan fingerprint density at radius 2 is 2.29 bits per heavy atom. The van der Waals surface area contributed by atoms with Gasteiger partial charge in [-0.2, -0.15) is 0 Å². The number of hydrogen-bond donors (Lipinski definition) is 1. The van der Waals surface area contributed by atoms with Crippen LogP contribution in [0.15, 0.2) is 22.7 Å². The molecule has 0 aromatic heterocycles. The molecule has 2 unspecified atom stereocenters. The van der Waals surface area contributed by atoms with Crippen LogP contribution in [0, 0.1) is 0 Å². The zero-order valence-corrected chi connectivity index (χ0v) is 14.4. The van der Waals surface area contributed by atoms with Gasteiger partial charge in [-0.05, 0) is 50.1 Å². The number of likely N-dealkylation sites (tertiary alicyclic amines) is 1. The highest BCUT2D eigenvalue weighted by molar-refractivity contribution is 9.10. The van der Waals surface area contributed by atoms with E-state index in [0.29, 0.717) is 12.6 Å². The van der Waals surface area contributed by atoms with Crippen LogP contribution in [-0.2, 0) is 4.74 Å². The van der Waals surface area contributed by atoms with Gasteiger partial charge in [0.05, 0.1) is 13.2 Å². The van der Waals surface area contributed by atoms with Gasteiger partial charge in [0, 0.05) is 30.2 Å². The lowest BCUT2D eigenvalue weighted by Gasteiger charge is -2.38. The van der Waals surface area contributed by atoms with Gasteiger partial charge in [0.25, 0.3) is 0 Å². The molecule has 1 aromatic rings. The molecule has 2 N–H and O–H groups in total. The standard InChI is InChI=1S/C16H25BrN2O2/c1-3-21-13-5-4-8-19(11-13)16(10-18)14-9-12(20-2)6-7-15(14)17/h6-7,9,13,16H,3-5,8,10-11,18H2,1-2H3. The largest absolute Gasteiger partial charge is 0.497 e. The van der Waals surface area contributed by atoms with Gasteiger partial charge in [-0.3, -0.25) is 4.90 Å². The summed E-state index contributed by atoms with van der Waals surface area (Å²) in [6.07, 6.45) is 2.62. The molecule has 2 atom stereocenters. The van der Waals surface area contributed by atoms with Crippen LogP contribution in [0.4, 0.5) is 0 Å². The third-order valence-corrected chi connectivity index (χ3v) is 4.76. The summed E-state index contributed by atoms with van der Waals surface area (Å²) in [4.78, 5) is 2.43. The van der Waals surface area contributed by atoms with E-state index in [1.165, 1.54) is 5.56 Å². The number of rotatable bonds is 6. The summed E-state index contributed by atoms with van der Waals surface area (Å²) in [5.74, 6) is 0.866. The molecule has 0 amide bonds. The second kappa shape index (κ2) is 8.13. The fourth-order valence-electron chi connectivity index (χ4n) is 3.00. The van der Waals surface area contributed by atoms with Crippen molar-refractivity contribution in [2.45, 2.75) is 31.9 Å². The molecule has 1 heterocycles. The van der Waals surface area contributed by atoms with Crippen molar-refractivity contribution in [1.82, 2.24) is 4.90 Å². The number of nitrogens with two attached hydrogens (primary N) is 1. The molecular formula is C16H25BrN2O2. The third kappa shape index (κ3) is 4.19. The Hall–Kier alpha value is -0.620. The van der Waals surface area contributed by atoms with E-state index >= 15 is 0 Å². The lowest BCUT2D eigenvalue weighted by atomic mass is 10.00. The van der Waals surface area contributed by atoms with E-state index < -0.39 is 0 Å². The molecule has 1 fully saturated rings. The van der Waals surface area contributed by atoms with E-state index in [1.54, 1.807) is 7.11 Å². The molecule has 0 aliphatic carbocycles. The Morgan fingerprint density at radius 1 is 1.48 bits per heavy atom. The van der Waals surface area contributed by atoms with Gasteiger partial charge in [0.15, 0.2) is 0 Å². The van der Waals surface area contributed by atoms with Crippen molar-refractivity contribution in [3.05, 3.63) is 28.2 Å². The van der Waals surface area contributed by atoms with Crippen molar-refractivity contribution in [1.29, 1.82) is 0 Å². The summed E-state index contributed by atoms with van der Waals surface area (Å²) >= 11 is 3.64. The monoisotopic (exact) mass is 356 g/mol. The van der Waals surface area contributed by atoms with Crippen LogP contribution in [0.1, 0.15) is 31.4 Å². The summed E-state index contributed by atoms with van der Waals surface area (Å²) in [6, 6.07) is 6.25. The van der Waals surface area contributed by atoms with Gasteiger partial charge in [0.2, 0.25) is 0 Å². The average molecular weight is 357 g/mol. The van der Waals surface area contributed by atoms with E-state index in [2.05, 4.69) is 33.8 Å². The molecule has 1 aromatic carbocycles. The number of hydrogen-bond acceptors (Lipinski definition) is 4. The van der Waals surface area contributed by atoms with Gasteiger partial charge in [0.1, 0.15) is 5.75 Å². The molecule has 1 aliphatic rings. The summed E-state index contributed by atoms with van der Waals surface area (Å²) < 4.78 is 12.2. The predicted molar refractivity (Wildman–Crippen MR) is 88.7 cm³/mol. The normalized spacial score (nSPS) is 21.2. The first-order valence-corrected chi connectivity index (χ1v) is 8.38. The molecule has 0 bridgehead atoms. The number of halogens is 1. The summed E-state index contributed by atoms with van der Waals surface area (Å²) in [6.45, 7) is 5.42. The Morgan fingerprint density at radius 3 is 2.95 bits per heavy atom. The second-order valence-electron chi connectivity index (χ2n) is 5.35. The molecule has 118 valence electrons. The SMILES string of the molecule is CCOC1CCCN(C(CN)c2cc(OC)ccc2Br)C1. The predicted octanol–water partition coefficient (Wildman–Crippen LogP) is 2.96. The van der Waals surface area contributed by atoms with E-state index in [-0.39, 0.29) is 6.04 Å². The highest BCUT2D eigenvalue weighted by Gasteiger charge is 2.27. The molecular weight excluding hydrogens is 332 g/mol. The number of benzene rings is 1. The molecule has 2 rings (SSSR count). The number of methoxy groups -OCH3 is 1. The van der Waals surface area contributed by atoms with Crippen LogP contribution in [0.2, 0.25) is 0 Å². The van der Waals surface area contributed by atoms with Gasteiger partial charge >= 0.3 is 0 Å². The van der Waals surface area contributed by atoms with Crippen LogP contribution in [0.25, 0.3) is 0 Å². The zero-order valence-electron chi connectivity index (χ0n) is 12.8. The lowest BCUT2D eigenvalue weighted by Crippen LogP contribution is -2.44. The zero-order chi connectivity index (χ0) is 15.2. The molecule has 0 spiro atoms. The second-order valence-corrected chi connectivity index (χ2v) is 6.21. The Labute approximate surface area is 135 Å². The smallest absolute Gasteiger partial charge is 0.119 e. The minimum Gasteiger partial charge on any atom is -0.497 e. The molecule has 1 aliphatic heterocycles. The summed E-state index contributed by atoms with van der Waals surface area (Å²) in [5, 5.41) is 0. The Bertz CT molecular complexity index is 454. The quantitative estimate of drug-likeness (QED) is 0.851. The molecule has 21 heavy (non-hydrogen) atoms. The van der Waals surface area contributed by atoms with Gasteiger partial charge < -0.3 is 15.2 Å². The maximum Gasteiger partial charge on any atom is 0.119 e. The van der Waals surface area contributed by atoms with Gasteiger partial charge in [-0.25, -0.2) is 0 Å². The van der Waals surface area contributed by atoms with Crippen molar-refractivity contribution in [3.8, 4) is 5.75 Å². The highest BCUT2D eigenvalue weighted by Crippen LogP contribution is 2.32. The highest BCUT2D eigenvalue weighted by atomic mass is 79.9. The summed E-state index contributed by atoms with van der Waals surface area (Å²) in [5.41, 5.74) is 7.26. The van der Waals surface area contributed by atoms with Crippen molar-refractivity contribution in [2.24, 2.45) is 5.73 Å². The van der Waals surface area contributed by atoms with Crippen molar-refractivity contribution >= 4 is 15.9 Å². The van der Waals surface area contributed by atoms with Crippen LogP contribution in [0.5, 0.6) is 5.75 Å². The van der Waals surface area contributed by atoms with Crippen molar-refractivity contribution in [2.75, 3.05) is 33.4 Å². The minimum absolute atomic E-state index is 0.192. The lowest BCUT2D eigenvalue weighted by molar-refractivity contribution is -0.00670. The van der Waals surface area contributed by atoms with E-state index in [0.717, 1.165) is 42.8 Å². The van der Waals surface area contributed by atoms with Crippen LogP contribution < -0.4 is 10.5 Å². The maximum atomic E-state index is 6.07. The number of piperidine rings is 1. The first-order valence-electron chi connectivity index (χ1n) is 7.58. The average Bonchev–Trinajstić information content (AvgIpc) is 2.51. The molecule has 1 saturated heterocycles. The number of ether oxygens (including phenoxy) is 2. The van der Waals surface area contributed by atoms with Crippen LogP contribution in [-0.4, -0.2) is 44.4 Å². The van der Waals surface area contributed by atoms with Gasteiger partial charge in [-0.1, -0.05) is 15.9 Å². The third-order valence-electron chi connectivity index (χ3n) is 4.04. The first-order chi connectivity index (χ1) is 10.2. The Balaban J connectivity index is 2.18. The first kappa shape index (κ1) is 16.7. The van der Waals surface area contributed by atoms with Gasteiger partial charge in [-0.15, -0.1) is 0 Å². The van der Waals surface area contributed by atoms with Crippen LogP contribution in [0.3, 0.4) is 0 Å².